The second-order valence-electron chi connectivity index (χ2n) is 9.12. The van der Waals surface area contributed by atoms with E-state index in [9.17, 15) is 4.79 Å². The summed E-state index contributed by atoms with van der Waals surface area (Å²) in [5.41, 5.74) is 0.922. The summed E-state index contributed by atoms with van der Waals surface area (Å²) in [6.45, 7) is 4.65. The number of hydrogen-bond acceptors (Lipinski definition) is 1. The third kappa shape index (κ3) is 14.8. The molecule has 1 aromatic carbocycles. The molecule has 1 rings (SSSR count). The van der Waals surface area contributed by atoms with Gasteiger partial charge < -0.3 is 0 Å². The van der Waals surface area contributed by atoms with Gasteiger partial charge >= 0.3 is 0 Å². The molecule has 0 fully saturated rings. The fourth-order valence-electron chi connectivity index (χ4n) is 3.91. The van der Waals surface area contributed by atoms with Gasteiger partial charge in [-0.05, 0) is 17.9 Å². The Bertz CT molecular complexity index is 497. The van der Waals surface area contributed by atoms with Crippen LogP contribution in [0.4, 0.5) is 0 Å². The zero-order valence-corrected chi connectivity index (χ0v) is 19.9. The Labute approximate surface area is 186 Å². The van der Waals surface area contributed by atoms with Gasteiger partial charge in [-0.25, -0.2) is 0 Å². The summed E-state index contributed by atoms with van der Waals surface area (Å²) in [5.74, 6) is 1.04. The average Bonchev–Trinajstić information content (AvgIpc) is 2.73. The van der Waals surface area contributed by atoms with Crippen LogP contribution in [-0.4, -0.2) is 5.78 Å². The predicted octanol–water partition coefficient (Wildman–Crippen LogP) is 9.43. The topological polar surface area (TPSA) is 17.1 Å². The minimum absolute atomic E-state index is 0.165. The monoisotopic (exact) mass is 420 g/mol. The molecule has 29 heavy (non-hydrogen) atoms. The molecule has 0 saturated heterocycles. The Kier molecular flexibility index (Phi) is 16.3. The van der Waals surface area contributed by atoms with Gasteiger partial charge in [0, 0.05) is 6.42 Å². The van der Waals surface area contributed by atoms with Crippen LogP contribution in [0, 0.1) is 5.92 Å². The molecule has 0 aliphatic heterocycles. The second kappa shape index (κ2) is 18.0. The number of benzene rings is 1. The predicted molar refractivity (Wildman–Crippen MR) is 129 cm³/mol. The van der Waals surface area contributed by atoms with Gasteiger partial charge in [0.25, 0.3) is 0 Å². The number of hydrogen-bond donors (Lipinski definition) is 0. The van der Waals surface area contributed by atoms with Gasteiger partial charge in [0.2, 0.25) is 0 Å². The van der Waals surface area contributed by atoms with Crippen molar-refractivity contribution in [2.24, 2.45) is 5.92 Å². The molecule has 0 aromatic heterocycles. The molecule has 166 valence electrons. The highest BCUT2D eigenvalue weighted by molar-refractivity contribution is 6.31. The van der Waals surface area contributed by atoms with Crippen molar-refractivity contribution in [3.05, 3.63) is 35.9 Å². The van der Waals surface area contributed by atoms with E-state index in [1.54, 1.807) is 0 Å². The van der Waals surface area contributed by atoms with Crippen molar-refractivity contribution in [2.75, 3.05) is 0 Å². The molecule has 1 atom stereocenters. The van der Waals surface area contributed by atoms with Crippen molar-refractivity contribution in [3.63, 3.8) is 0 Å². The Balaban J connectivity index is 1.82. The maximum Gasteiger partial charge on any atom is 0.155 e. The van der Waals surface area contributed by atoms with Gasteiger partial charge in [0.1, 0.15) is 5.38 Å². The summed E-state index contributed by atoms with van der Waals surface area (Å²) in [4.78, 5) is 12.2. The minimum Gasteiger partial charge on any atom is -0.298 e. The van der Waals surface area contributed by atoms with Crippen LogP contribution in [0.2, 0.25) is 0 Å². The lowest BCUT2D eigenvalue weighted by molar-refractivity contribution is -0.118. The first kappa shape index (κ1) is 26.2. The summed E-state index contributed by atoms with van der Waals surface area (Å²) in [7, 11) is 0. The van der Waals surface area contributed by atoms with Crippen molar-refractivity contribution in [3.8, 4) is 0 Å². The number of Topliss-reactive ketones (excluding diaryl/α,β-unsaturated/α-hetero) is 1. The van der Waals surface area contributed by atoms with Crippen LogP contribution in [-0.2, 0) is 4.79 Å². The second-order valence-corrected chi connectivity index (χ2v) is 9.56. The van der Waals surface area contributed by atoms with Gasteiger partial charge in [0.05, 0.1) is 0 Å². The smallest absolute Gasteiger partial charge is 0.155 e. The molecule has 1 unspecified atom stereocenters. The Morgan fingerprint density at radius 1 is 0.690 bits per heavy atom. The molecular weight excluding hydrogens is 376 g/mol. The van der Waals surface area contributed by atoms with Crippen LogP contribution in [0.1, 0.15) is 128 Å². The standard InChI is InChI=1S/C27H45ClO/c1-24(2)20-16-13-11-9-7-5-3-4-6-8-10-12-14-19-23-26(29)27(28)25-21-17-15-18-22-25/h15,17-18,21-22,24,27H,3-14,16,19-20,23H2,1-2H3. The van der Waals surface area contributed by atoms with Gasteiger partial charge in [-0.2, -0.15) is 0 Å². The third-order valence-electron chi connectivity index (χ3n) is 5.83. The van der Waals surface area contributed by atoms with E-state index in [0.717, 1.165) is 24.3 Å². The Morgan fingerprint density at radius 2 is 1.10 bits per heavy atom. The lowest BCUT2D eigenvalue weighted by Crippen LogP contribution is -2.06. The lowest BCUT2D eigenvalue weighted by atomic mass is 10.0. The van der Waals surface area contributed by atoms with Crippen molar-refractivity contribution in [1.82, 2.24) is 0 Å². The summed E-state index contributed by atoms with van der Waals surface area (Å²) in [6, 6.07) is 9.70. The van der Waals surface area contributed by atoms with Crippen LogP contribution < -0.4 is 0 Å². The van der Waals surface area contributed by atoms with Gasteiger partial charge in [-0.1, -0.05) is 134 Å². The molecule has 2 heteroatoms. The largest absolute Gasteiger partial charge is 0.298 e. The number of ketones is 1. The molecule has 0 heterocycles. The van der Waals surface area contributed by atoms with Crippen LogP contribution >= 0.6 is 11.6 Å². The number of halogens is 1. The number of unbranched alkanes of at least 4 members (excludes halogenated alkanes) is 13. The van der Waals surface area contributed by atoms with E-state index in [1.807, 2.05) is 30.3 Å². The van der Waals surface area contributed by atoms with E-state index >= 15 is 0 Å². The quantitative estimate of drug-likeness (QED) is 0.161. The highest BCUT2D eigenvalue weighted by Gasteiger charge is 2.16. The number of carbonyl (C=O) groups is 1. The third-order valence-corrected chi connectivity index (χ3v) is 6.32. The molecule has 0 saturated carbocycles. The Hall–Kier alpha value is -0.820. The first-order valence-corrected chi connectivity index (χ1v) is 12.8. The molecule has 0 N–H and O–H groups in total. The summed E-state index contributed by atoms with van der Waals surface area (Å²) in [6.07, 6.45) is 20.8. The van der Waals surface area contributed by atoms with Crippen molar-refractivity contribution in [2.45, 2.75) is 122 Å². The highest BCUT2D eigenvalue weighted by atomic mass is 35.5. The molecular formula is C27H45ClO. The maximum atomic E-state index is 12.2. The van der Waals surface area contributed by atoms with Crippen LogP contribution in [0.5, 0.6) is 0 Å². The SMILES string of the molecule is CC(C)CCCCCCCCCCCCCCCCC(=O)C(Cl)c1ccccc1. The zero-order valence-electron chi connectivity index (χ0n) is 19.1. The molecule has 0 spiro atoms. The fraction of sp³-hybridized carbons (Fsp3) is 0.741. The first-order valence-electron chi connectivity index (χ1n) is 12.3. The van der Waals surface area contributed by atoms with Gasteiger partial charge in [-0.15, -0.1) is 11.6 Å². The van der Waals surface area contributed by atoms with E-state index in [0.29, 0.717) is 6.42 Å². The Morgan fingerprint density at radius 3 is 1.55 bits per heavy atom. The molecule has 0 radical (unpaired) electrons. The van der Waals surface area contributed by atoms with E-state index in [2.05, 4.69) is 13.8 Å². The zero-order chi connectivity index (χ0) is 21.2. The minimum atomic E-state index is -0.476. The molecule has 1 nitrogen and oxygen atoms in total. The van der Waals surface area contributed by atoms with Crippen LogP contribution in [0.25, 0.3) is 0 Å². The normalized spacial score (nSPS) is 12.4. The van der Waals surface area contributed by atoms with Crippen molar-refractivity contribution >= 4 is 17.4 Å². The van der Waals surface area contributed by atoms with Gasteiger partial charge in [-0.3, -0.25) is 4.79 Å². The van der Waals surface area contributed by atoms with E-state index < -0.39 is 5.38 Å². The first-order chi connectivity index (χ1) is 14.1. The maximum absolute atomic E-state index is 12.2. The van der Waals surface area contributed by atoms with Crippen LogP contribution in [0.15, 0.2) is 30.3 Å². The summed E-state index contributed by atoms with van der Waals surface area (Å²) in [5, 5.41) is -0.476. The molecule has 0 bridgehead atoms. The van der Waals surface area contributed by atoms with Gasteiger partial charge in [0.15, 0.2) is 5.78 Å². The van der Waals surface area contributed by atoms with Crippen LogP contribution in [0.3, 0.4) is 0 Å². The summed E-state index contributed by atoms with van der Waals surface area (Å²) < 4.78 is 0. The molecule has 0 amide bonds. The highest BCUT2D eigenvalue weighted by Crippen LogP contribution is 2.23. The average molecular weight is 421 g/mol. The summed E-state index contributed by atoms with van der Waals surface area (Å²) >= 11 is 6.28. The lowest BCUT2D eigenvalue weighted by Gasteiger charge is -2.08. The number of rotatable bonds is 19. The molecule has 1 aromatic rings. The number of alkyl halides is 1. The van der Waals surface area contributed by atoms with E-state index in [1.165, 1.54) is 83.5 Å². The fourth-order valence-corrected chi connectivity index (χ4v) is 4.16. The molecule has 0 aliphatic rings. The van der Waals surface area contributed by atoms with E-state index in [-0.39, 0.29) is 5.78 Å². The van der Waals surface area contributed by atoms with Crippen molar-refractivity contribution in [1.29, 1.82) is 0 Å². The van der Waals surface area contributed by atoms with Crippen molar-refractivity contribution < 1.29 is 4.79 Å². The number of carbonyl (C=O) groups excluding carboxylic acids is 1. The van der Waals surface area contributed by atoms with E-state index in [4.69, 9.17) is 11.6 Å². The molecule has 0 aliphatic carbocycles.